The monoisotopic (exact) mass is 367 g/mol. The van der Waals surface area contributed by atoms with Gasteiger partial charge in [0.1, 0.15) is 5.75 Å². The fourth-order valence-corrected chi connectivity index (χ4v) is 3.39. The van der Waals surface area contributed by atoms with Crippen molar-refractivity contribution < 1.29 is 9.53 Å². The number of aromatic nitrogens is 2. The van der Waals surface area contributed by atoms with E-state index in [4.69, 9.17) is 16.3 Å². The van der Waals surface area contributed by atoms with Gasteiger partial charge in [0.05, 0.1) is 35.8 Å². The zero-order chi connectivity index (χ0) is 18.1. The fourth-order valence-electron chi connectivity index (χ4n) is 3.21. The second kappa shape index (κ2) is 6.84. The number of ether oxygens (including phenoxy) is 1. The van der Waals surface area contributed by atoms with Crippen LogP contribution in [-0.4, -0.2) is 22.3 Å². The normalized spacial score (nSPS) is 15.8. The summed E-state index contributed by atoms with van der Waals surface area (Å²) in [5.41, 5.74) is 3.19. The first-order valence-corrected chi connectivity index (χ1v) is 8.84. The van der Waals surface area contributed by atoms with Crippen LogP contribution in [0.1, 0.15) is 34.1 Å². The van der Waals surface area contributed by atoms with E-state index in [0.29, 0.717) is 23.6 Å². The maximum atomic E-state index is 12.8. The Bertz CT molecular complexity index is 953. The Hall–Kier alpha value is -2.79. The quantitative estimate of drug-likeness (QED) is 0.758. The molecule has 2 aromatic carbocycles. The number of carbonyl (C=O) groups is 1. The summed E-state index contributed by atoms with van der Waals surface area (Å²) in [7, 11) is 0. The Labute approximate surface area is 156 Å². The summed E-state index contributed by atoms with van der Waals surface area (Å²) < 4.78 is 7.42. The van der Waals surface area contributed by atoms with Crippen molar-refractivity contribution in [2.45, 2.75) is 19.4 Å². The van der Waals surface area contributed by atoms with Gasteiger partial charge in [0.25, 0.3) is 5.91 Å². The molecule has 0 saturated carbocycles. The van der Waals surface area contributed by atoms with Gasteiger partial charge >= 0.3 is 0 Å². The first-order valence-electron chi connectivity index (χ1n) is 8.46. The first kappa shape index (κ1) is 16.7. The third-order valence-electron chi connectivity index (χ3n) is 4.57. The van der Waals surface area contributed by atoms with E-state index in [-0.39, 0.29) is 11.9 Å². The van der Waals surface area contributed by atoms with Crippen LogP contribution in [0, 0.1) is 6.92 Å². The molecular formula is C20H18ClN3O2. The highest BCUT2D eigenvalue weighted by molar-refractivity contribution is 6.30. The Morgan fingerprint density at radius 3 is 2.88 bits per heavy atom. The maximum Gasteiger partial charge on any atom is 0.255 e. The molecule has 1 unspecified atom stereocenters. The summed E-state index contributed by atoms with van der Waals surface area (Å²) >= 11 is 6.11. The molecule has 3 aromatic rings. The Kier molecular flexibility index (Phi) is 4.39. The van der Waals surface area contributed by atoms with Gasteiger partial charge in [-0.1, -0.05) is 29.8 Å². The number of hydrogen-bond donors (Lipinski definition) is 1. The van der Waals surface area contributed by atoms with Gasteiger partial charge in [0, 0.05) is 17.0 Å². The summed E-state index contributed by atoms with van der Waals surface area (Å²) in [5.74, 6) is 0.616. The van der Waals surface area contributed by atoms with Crippen LogP contribution in [-0.2, 0) is 0 Å². The molecule has 2 heterocycles. The van der Waals surface area contributed by atoms with Gasteiger partial charge < -0.3 is 10.1 Å². The minimum Gasteiger partial charge on any atom is -0.493 e. The van der Waals surface area contributed by atoms with Crippen molar-refractivity contribution in [2.75, 3.05) is 6.61 Å². The average Bonchev–Trinajstić information content (AvgIpc) is 3.04. The lowest BCUT2D eigenvalue weighted by Crippen LogP contribution is -2.32. The summed E-state index contributed by atoms with van der Waals surface area (Å²) in [6.45, 7) is 2.45. The summed E-state index contributed by atoms with van der Waals surface area (Å²) in [6, 6.07) is 15.1. The van der Waals surface area contributed by atoms with Crippen LogP contribution in [0.2, 0.25) is 5.02 Å². The highest BCUT2D eigenvalue weighted by Crippen LogP contribution is 2.34. The number of halogens is 1. The number of benzene rings is 2. The van der Waals surface area contributed by atoms with Crippen LogP contribution < -0.4 is 10.1 Å². The van der Waals surface area contributed by atoms with Gasteiger partial charge in [-0.25, -0.2) is 4.68 Å². The zero-order valence-electron chi connectivity index (χ0n) is 14.3. The molecule has 0 aliphatic carbocycles. The third kappa shape index (κ3) is 3.06. The van der Waals surface area contributed by atoms with E-state index >= 15 is 0 Å². The average molecular weight is 368 g/mol. The van der Waals surface area contributed by atoms with Crippen LogP contribution in [0.4, 0.5) is 0 Å². The van der Waals surface area contributed by atoms with Gasteiger partial charge in [-0.15, -0.1) is 0 Å². The molecule has 0 fully saturated rings. The smallest absolute Gasteiger partial charge is 0.255 e. The van der Waals surface area contributed by atoms with Crippen LogP contribution in [0.3, 0.4) is 0 Å². The molecule has 1 aliphatic rings. The molecule has 26 heavy (non-hydrogen) atoms. The topological polar surface area (TPSA) is 56.1 Å². The number of nitrogens with zero attached hydrogens (tertiary/aromatic N) is 2. The van der Waals surface area contributed by atoms with Gasteiger partial charge in [-0.05, 0) is 37.3 Å². The van der Waals surface area contributed by atoms with E-state index in [9.17, 15) is 4.79 Å². The lowest BCUT2D eigenvalue weighted by atomic mass is 10.00. The molecule has 1 atom stereocenters. The van der Waals surface area contributed by atoms with Crippen LogP contribution in [0.15, 0.2) is 54.7 Å². The van der Waals surface area contributed by atoms with Crippen molar-refractivity contribution in [3.8, 4) is 11.4 Å². The largest absolute Gasteiger partial charge is 0.493 e. The van der Waals surface area contributed by atoms with Crippen LogP contribution in [0.25, 0.3) is 5.69 Å². The molecule has 1 N–H and O–H groups in total. The molecule has 6 heteroatoms. The summed E-state index contributed by atoms with van der Waals surface area (Å²) in [5, 5.41) is 8.09. The second-order valence-electron chi connectivity index (χ2n) is 6.24. The molecule has 4 rings (SSSR count). The van der Waals surface area contributed by atoms with Crippen molar-refractivity contribution in [1.82, 2.24) is 15.1 Å². The van der Waals surface area contributed by atoms with Gasteiger partial charge in [-0.2, -0.15) is 5.10 Å². The third-order valence-corrected chi connectivity index (χ3v) is 4.81. The molecular weight excluding hydrogens is 350 g/mol. The number of fused-ring (bicyclic) bond motifs is 1. The highest BCUT2D eigenvalue weighted by atomic mass is 35.5. The van der Waals surface area contributed by atoms with Crippen LogP contribution in [0.5, 0.6) is 5.75 Å². The van der Waals surface area contributed by atoms with Crippen molar-refractivity contribution in [1.29, 1.82) is 0 Å². The standard InChI is InChI=1S/C20H18ClN3O2/c1-13-17(12-22-24(13)15-5-3-2-4-6-15)20(25)23-18-9-10-26-19-8-7-14(21)11-16(18)19/h2-8,11-12,18H,9-10H2,1H3,(H,23,25). The first-order chi connectivity index (χ1) is 12.6. The second-order valence-corrected chi connectivity index (χ2v) is 6.67. The Morgan fingerprint density at radius 2 is 2.08 bits per heavy atom. The predicted molar refractivity (Wildman–Crippen MR) is 100 cm³/mol. The van der Waals surface area contributed by atoms with Crippen LogP contribution >= 0.6 is 11.6 Å². The molecule has 1 aliphatic heterocycles. The summed E-state index contributed by atoms with van der Waals surface area (Å²) in [4.78, 5) is 12.8. The van der Waals surface area contributed by atoms with E-state index < -0.39 is 0 Å². The number of rotatable bonds is 3. The lowest BCUT2D eigenvalue weighted by Gasteiger charge is -2.26. The molecule has 5 nitrogen and oxygen atoms in total. The molecule has 132 valence electrons. The fraction of sp³-hybridized carbons (Fsp3) is 0.200. The zero-order valence-corrected chi connectivity index (χ0v) is 15.0. The molecule has 0 bridgehead atoms. The van der Waals surface area contributed by atoms with E-state index in [2.05, 4.69) is 10.4 Å². The predicted octanol–water partition coefficient (Wildman–Crippen LogP) is 4.09. The lowest BCUT2D eigenvalue weighted by molar-refractivity contribution is 0.0924. The molecule has 0 radical (unpaired) electrons. The summed E-state index contributed by atoms with van der Waals surface area (Å²) in [6.07, 6.45) is 2.31. The number of nitrogens with one attached hydrogen (secondary N) is 1. The minimum atomic E-state index is -0.150. The Morgan fingerprint density at radius 1 is 1.27 bits per heavy atom. The minimum absolute atomic E-state index is 0.135. The Balaban J connectivity index is 1.59. The van der Waals surface area contributed by atoms with E-state index in [0.717, 1.165) is 22.7 Å². The number of para-hydroxylation sites is 1. The molecule has 0 spiro atoms. The van der Waals surface area contributed by atoms with Gasteiger partial charge in [0.2, 0.25) is 0 Å². The SMILES string of the molecule is Cc1c(C(=O)NC2CCOc3ccc(Cl)cc32)cnn1-c1ccccc1. The van der Waals surface area contributed by atoms with E-state index in [1.807, 2.05) is 49.4 Å². The van der Waals surface area contributed by atoms with Gasteiger partial charge in [-0.3, -0.25) is 4.79 Å². The number of amides is 1. The van der Waals surface area contributed by atoms with Crippen molar-refractivity contribution in [3.63, 3.8) is 0 Å². The highest BCUT2D eigenvalue weighted by Gasteiger charge is 2.25. The molecule has 1 amide bonds. The van der Waals surface area contributed by atoms with Crippen molar-refractivity contribution >= 4 is 17.5 Å². The van der Waals surface area contributed by atoms with Crippen molar-refractivity contribution in [3.05, 3.63) is 76.6 Å². The van der Waals surface area contributed by atoms with E-state index in [1.54, 1.807) is 16.9 Å². The van der Waals surface area contributed by atoms with Crippen molar-refractivity contribution in [2.24, 2.45) is 0 Å². The van der Waals surface area contributed by atoms with Gasteiger partial charge in [0.15, 0.2) is 0 Å². The van der Waals surface area contributed by atoms with E-state index in [1.165, 1.54) is 0 Å². The maximum absolute atomic E-state index is 12.8. The molecule has 0 saturated heterocycles. The number of hydrogen-bond acceptors (Lipinski definition) is 3. The molecule has 1 aromatic heterocycles. The number of carbonyl (C=O) groups excluding carboxylic acids is 1.